The fourth-order valence-electron chi connectivity index (χ4n) is 4.94. The smallest absolute Gasteiger partial charge is 0.321 e. The molecule has 5 rings (SSSR count). The summed E-state index contributed by atoms with van der Waals surface area (Å²) in [5.74, 6) is 1.42. The van der Waals surface area contributed by atoms with E-state index in [1.165, 1.54) is 6.07 Å². The number of nitrogens with one attached hydrogen (secondary N) is 1. The summed E-state index contributed by atoms with van der Waals surface area (Å²) in [7, 11) is 3.58. The molecular formula is C30H33FN6O2. The minimum atomic E-state index is -0.461. The van der Waals surface area contributed by atoms with E-state index >= 15 is 0 Å². The van der Waals surface area contributed by atoms with Gasteiger partial charge in [0.2, 0.25) is 5.95 Å². The fraction of sp³-hybridized carbons (Fsp3) is 0.333. The van der Waals surface area contributed by atoms with Crippen molar-refractivity contribution < 1.29 is 13.9 Å². The number of fused-ring (bicyclic) bond motifs is 1. The zero-order chi connectivity index (χ0) is 27.5. The third kappa shape index (κ3) is 5.77. The van der Waals surface area contributed by atoms with Crippen molar-refractivity contribution in [2.75, 3.05) is 37.5 Å². The average Bonchev–Trinajstić information content (AvgIpc) is 3.44. The Labute approximate surface area is 227 Å². The summed E-state index contributed by atoms with van der Waals surface area (Å²) in [5, 5.41) is 3.54. The Bertz CT molecular complexity index is 1490. The van der Waals surface area contributed by atoms with E-state index in [1.807, 2.05) is 49.2 Å². The van der Waals surface area contributed by atoms with Crippen LogP contribution in [0.4, 0.5) is 20.8 Å². The number of methoxy groups -OCH3 is 1. The highest BCUT2D eigenvalue weighted by molar-refractivity contribution is 5.91. The molecule has 1 fully saturated rings. The van der Waals surface area contributed by atoms with Gasteiger partial charge in [-0.15, -0.1) is 0 Å². The van der Waals surface area contributed by atoms with E-state index in [9.17, 15) is 9.18 Å². The molecule has 2 aromatic carbocycles. The molecule has 1 aliphatic heterocycles. The molecule has 0 spiro atoms. The second kappa shape index (κ2) is 11.2. The standard InChI is InChI=1S/C30H33FN6O2/c1-5-20-10-11-37(18-20)30(38)34-27-14-25(19(2)12-26(27)31)22-13-23-16-33-29(35-28(23)32-15-22)36(3)17-21-6-8-24(39-4)9-7-21/h6-9,12-16,20H,5,10-11,17-18H2,1-4H3,(H,34,38). The maximum atomic E-state index is 14.8. The Kier molecular flexibility index (Phi) is 7.58. The van der Waals surface area contributed by atoms with Crippen molar-refractivity contribution in [3.63, 3.8) is 0 Å². The van der Waals surface area contributed by atoms with Crippen molar-refractivity contribution in [3.8, 4) is 16.9 Å². The number of aryl methyl sites for hydroxylation is 1. The van der Waals surface area contributed by atoms with Crippen LogP contribution < -0.4 is 15.0 Å². The van der Waals surface area contributed by atoms with E-state index in [-0.39, 0.29) is 11.7 Å². The van der Waals surface area contributed by atoms with Crippen molar-refractivity contribution in [2.45, 2.75) is 33.2 Å². The van der Waals surface area contributed by atoms with Gasteiger partial charge in [0.15, 0.2) is 5.65 Å². The number of rotatable bonds is 7. The molecule has 1 aliphatic rings. The quantitative estimate of drug-likeness (QED) is 0.315. The number of hydrogen-bond acceptors (Lipinski definition) is 6. The van der Waals surface area contributed by atoms with Crippen LogP contribution in [0.5, 0.6) is 5.75 Å². The van der Waals surface area contributed by atoms with Gasteiger partial charge in [-0.1, -0.05) is 25.5 Å². The summed E-state index contributed by atoms with van der Waals surface area (Å²) < 4.78 is 20.1. The first-order valence-corrected chi connectivity index (χ1v) is 13.2. The van der Waals surface area contributed by atoms with Crippen LogP contribution in [0.2, 0.25) is 0 Å². The number of benzene rings is 2. The maximum absolute atomic E-state index is 14.8. The molecule has 39 heavy (non-hydrogen) atoms. The van der Waals surface area contributed by atoms with Crippen LogP contribution in [0.25, 0.3) is 22.2 Å². The van der Waals surface area contributed by atoms with Gasteiger partial charge in [0, 0.05) is 50.0 Å². The molecule has 1 N–H and O–H groups in total. The first-order valence-electron chi connectivity index (χ1n) is 13.2. The summed E-state index contributed by atoms with van der Waals surface area (Å²) in [4.78, 5) is 30.3. The predicted molar refractivity (Wildman–Crippen MR) is 152 cm³/mol. The zero-order valence-corrected chi connectivity index (χ0v) is 22.7. The molecule has 9 heteroatoms. The molecule has 8 nitrogen and oxygen atoms in total. The first-order chi connectivity index (χ1) is 18.8. The van der Waals surface area contributed by atoms with E-state index in [0.717, 1.165) is 46.2 Å². The number of halogens is 1. The normalized spacial score (nSPS) is 15.0. The number of amides is 2. The van der Waals surface area contributed by atoms with Gasteiger partial charge in [0.05, 0.1) is 12.8 Å². The van der Waals surface area contributed by atoms with Gasteiger partial charge >= 0.3 is 6.03 Å². The number of hydrogen-bond donors (Lipinski definition) is 1. The molecule has 3 heterocycles. The Balaban J connectivity index is 1.35. The molecule has 0 bridgehead atoms. The van der Waals surface area contributed by atoms with Crippen LogP contribution >= 0.6 is 0 Å². The molecule has 202 valence electrons. The molecule has 1 atom stereocenters. The van der Waals surface area contributed by atoms with Crippen LogP contribution in [0, 0.1) is 18.7 Å². The van der Waals surface area contributed by atoms with Gasteiger partial charge < -0.3 is 19.9 Å². The summed E-state index contributed by atoms with van der Waals surface area (Å²) >= 11 is 0. The predicted octanol–water partition coefficient (Wildman–Crippen LogP) is 6.05. The molecule has 0 aliphatic carbocycles. The van der Waals surface area contributed by atoms with E-state index in [4.69, 9.17) is 4.74 Å². The first kappa shape index (κ1) is 26.3. The van der Waals surface area contributed by atoms with E-state index in [0.29, 0.717) is 37.1 Å². The number of anilines is 2. The second-order valence-corrected chi connectivity index (χ2v) is 10.1. The van der Waals surface area contributed by atoms with Gasteiger partial charge in [-0.2, -0.15) is 4.98 Å². The van der Waals surface area contributed by atoms with Crippen LogP contribution in [0.1, 0.15) is 30.9 Å². The zero-order valence-electron chi connectivity index (χ0n) is 22.7. The molecule has 2 amide bonds. The number of ether oxygens (including phenoxy) is 1. The number of urea groups is 1. The summed E-state index contributed by atoms with van der Waals surface area (Å²) in [5.41, 5.74) is 4.16. The third-order valence-electron chi connectivity index (χ3n) is 7.36. The van der Waals surface area contributed by atoms with Crippen LogP contribution in [0.3, 0.4) is 0 Å². The minimum absolute atomic E-state index is 0.160. The largest absolute Gasteiger partial charge is 0.497 e. The lowest BCUT2D eigenvalue weighted by molar-refractivity contribution is 0.220. The summed E-state index contributed by atoms with van der Waals surface area (Å²) in [6, 6.07) is 12.7. The van der Waals surface area contributed by atoms with Gasteiger partial charge in [-0.3, -0.25) is 0 Å². The second-order valence-electron chi connectivity index (χ2n) is 10.1. The molecule has 0 radical (unpaired) electrons. The number of carbonyl (C=O) groups excluding carboxylic acids is 1. The third-order valence-corrected chi connectivity index (χ3v) is 7.36. The van der Waals surface area contributed by atoms with E-state index in [1.54, 1.807) is 30.5 Å². The van der Waals surface area contributed by atoms with Crippen molar-refractivity contribution >= 4 is 28.7 Å². The van der Waals surface area contributed by atoms with Crippen molar-refractivity contribution in [3.05, 3.63) is 71.8 Å². The minimum Gasteiger partial charge on any atom is -0.497 e. The van der Waals surface area contributed by atoms with Gasteiger partial charge in [-0.25, -0.2) is 19.2 Å². The highest BCUT2D eigenvalue weighted by atomic mass is 19.1. The Hall–Kier alpha value is -4.27. The lowest BCUT2D eigenvalue weighted by atomic mass is 10.0. The highest BCUT2D eigenvalue weighted by Gasteiger charge is 2.25. The number of carbonyl (C=O) groups is 1. The van der Waals surface area contributed by atoms with Gasteiger partial charge in [-0.05, 0) is 66.3 Å². The molecular weight excluding hydrogens is 495 g/mol. The molecule has 2 aromatic heterocycles. The number of pyridine rings is 1. The average molecular weight is 529 g/mol. The Morgan fingerprint density at radius 2 is 1.97 bits per heavy atom. The molecule has 1 unspecified atom stereocenters. The Morgan fingerprint density at radius 1 is 1.18 bits per heavy atom. The lowest BCUT2D eigenvalue weighted by Gasteiger charge is -2.19. The molecule has 0 saturated carbocycles. The number of aromatic nitrogens is 3. The summed E-state index contributed by atoms with van der Waals surface area (Å²) in [6.45, 7) is 6.00. The monoisotopic (exact) mass is 528 g/mol. The van der Waals surface area contributed by atoms with E-state index in [2.05, 4.69) is 27.2 Å². The highest BCUT2D eigenvalue weighted by Crippen LogP contribution is 2.31. The van der Waals surface area contributed by atoms with Crippen LogP contribution in [-0.4, -0.2) is 53.1 Å². The SMILES string of the molecule is CCC1CCN(C(=O)Nc2cc(-c3cnc4nc(N(C)Cc5ccc(OC)cc5)ncc4c3)c(C)cc2F)C1. The van der Waals surface area contributed by atoms with E-state index < -0.39 is 5.82 Å². The van der Waals surface area contributed by atoms with Gasteiger partial charge in [0.25, 0.3) is 0 Å². The number of nitrogens with zero attached hydrogens (tertiary/aromatic N) is 5. The van der Waals surface area contributed by atoms with Gasteiger partial charge in [0.1, 0.15) is 11.6 Å². The number of likely N-dealkylation sites (tertiary alicyclic amines) is 1. The Morgan fingerprint density at radius 3 is 2.69 bits per heavy atom. The fourth-order valence-corrected chi connectivity index (χ4v) is 4.94. The van der Waals surface area contributed by atoms with Crippen molar-refractivity contribution in [2.24, 2.45) is 5.92 Å². The van der Waals surface area contributed by atoms with Crippen molar-refractivity contribution in [1.29, 1.82) is 0 Å². The topological polar surface area (TPSA) is 83.5 Å². The molecule has 1 saturated heterocycles. The van der Waals surface area contributed by atoms with Crippen LogP contribution in [0.15, 0.2) is 54.9 Å². The maximum Gasteiger partial charge on any atom is 0.321 e. The lowest BCUT2D eigenvalue weighted by Crippen LogP contribution is -2.33. The van der Waals surface area contributed by atoms with Crippen LogP contribution in [-0.2, 0) is 6.54 Å². The molecule has 4 aromatic rings. The summed E-state index contributed by atoms with van der Waals surface area (Å²) in [6.07, 6.45) is 5.49. The van der Waals surface area contributed by atoms with Crippen molar-refractivity contribution in [1.82, 2.24) is 19.9 Å².